The maximum atomic E-state index is 13.3. The number of sulfonamides is 1. The number of rotatable bonds is 3. The van der Waals surface area contributed by atoms with Crippen LogP contribution in [0.15, 0.2) is 29.2 Å². The van der Waals surface area contributed by atoms with Crippen molar-refractivity contribution in [2.45, 2.75) is 31.6 Å². The molecule has 0 saturated carbocycles. The maximum Gasteiger partial charge on any atom is 0.278 e. The van der Waals surface area contributed by atoms with Crippen LogP contribution < -0.4 is 0 Å². The van der Waals surface area contributed by atoms with Gasteiger partial charge in [-0.3, -0.25) is 4.79 Å². The number of benzene rings is 1. The monoisotopic (exact) mass is 351 g/mol. The second-order valence-corrected chi connectivity index (χ2v) is 7.71. The lowest BCUT2D eigenvalue weighted by Gasteiger charge is -2.15. The van der Waals surface area contributed by atoms with E-state index in [1.165, 1.54) is 22.5 Å². The lowest BCUT2D eigenvalue weighted by atomic mass is 10.2. The molecule has 1 aromatic carbocycles. The summed E-state index contributed by atoms with van der Waals surface area (Å²) in [6, 6.07) is 5.24. The normalized spacial score (nSPS) is 15.8. The molecular weight excluding hydrogens is 333 g/mol. The molecule has 0 spiro atoms. The van der Waals surface area contributed by atoms with Crippen molar-refractivity contribution in [3.8, 4) is 0 Å². The van der Waals surface area contributed by atoms with Gasteiger partial charge in [-0.2, -0.15) is 14.1 Å². The average Bonchev–Trinajstić information content (AvgIpc) is 3.15. The third-order valence-electron chi connectivity index (χ3n) is 4.15. The van der Waals surface area contributed by atoms with Crippen molar-refractivity contribution in [2.75, 3.05) is 13.1 Å². The minimum atomic E-state index is -3.68. The van der Waals surface area contributed by atoms with Crippen LogP contribution in [0.1, 0.15) is 34.6 Å². The van der Waals surface area contributed by atoms with Gasteiger partial charge in [-0.1, -0.05) is 6.07 Å². The van der Waals surface area contributed by atoms with Crippen molar-refractivity contribution in [1.29, 1.82) is 0 Å². The number of aryl methyl sites for hydroxylation is 1. The lowest BCUT2D eigenvalue weighted by Crippen LogP contribution is -2.29. The zero-order chi connectivity index (χ0) is 17.5. The van der Waals surface area contributed by atoms with Crippen molar-refractivity contribution in [3.63, 3.8) is 0 Å². The van der Waals surface area contributed by atoms with E-state index in [1.807, 2.05) is 0 Å². The van der Waals surface area contributed by atoms with Gasteiger partial charge in [0.2, 0.25) is 10.0 Å². The van der Waals surface area contributed by atoms with Crippen LogP contribution in [0.4, 0.5) is 4.39 Å². The first-order valence-electron chi connectivity index (χ1n) is 7.69. The fraction of sp³-hybridized carbons (Fsp3) is 0.375. The van der Waals surface area contributed by atoms with Crippen LogP contribution in [0, 0.1) is 19.7 Å². The molecule has 8 heteroatoms. The molecule has 1 fully saturated rings. The van der Waals surface area contributed by atoms with Gasteiger partial charge >= 0.3 is 0 Å². The SMILES string of the molecule is Cc1nn(C(=O)c2cccc(F)c2)c(C)c1S(=O)(=O)N1CCCC1. The summed E-state index contributed by atoms with van der Waals surface area (Å²) in [6.45, 7) is 4.06. The Bertz CT molecular complexity index is 899. The molecule has 0 unspecified atom stereocenters. The molecule has 3 rings (SSSR count). The molecule has 1 aliphatic heterocycles. The Morgan fingerprint density at radius 3 is 2.50 bits per heavy atom. The summed E-state index contributed by atoms with van der Waals surface area (Å²) < 4.78 is 41.4. The Morgan fingerprint density at radius 1 is 1.21 bits per heavy atom. The predicted octanol–water partition coefficient (Wildman–Crippen LogP) is 2.11. The Labute approximate surface area is 139 Å². The molecule has 2 heterocycles. The minimum Gasteiger partial charge on any atom is -0.267 e. The standard InChI is InChI=1S/C16H18FN3O3S/c1-11-15(24(22,23)19-8-3-4-9-19)12(2)20(18-11)16(21)13-6-5-7-14(17)10-13/h5-7,10H,3-4,8-9H2,1-2H3. The molecule has 1 saturated heterocycles. The fourth-order valence-corrected chi connectivity index (χ4v) is 4.87. The molecule has 0 amide bonds. The average molecular weight is 351 g/mol. The Balaban J connectivity index is 2.05. The van der Waals surface area contributed by atoms with Gasteiger partial charge in [0.25, 0.3) is 5.91 Å². The highest BCUT2D eigenvalue weighted by atomic mass is 32.2. The first kappa shape index (κ1) is 16.8. The third kappa shape index (κ3) is 2.76. The first-order valence-corrected chi connectivity index (χ1v) is 9.13. The Morgan fingerprint density at radius 2 is 1.88 bits per heavy atom. The molecule has 1 aromatic heterocycles. The zero-order valence-electron chi connectivity index (χ0n) is 13.5. The first-order chi connectivity index (χ1) is 11.3. The summed E-state index contributed by atoms with van der Waals surface area (Å²) in [5, 5.41) is 4.09. The highest BCUT2D eigenvalue weighted by molar-refractivity contribution is 7.89. The molecule has 0 aliphatic carbocycles. The molecule has 0 atom stereocenters. The van der Waals surface area contributed by atoms with Gasteiger partial charge in [-0.25, -0.2) is 12.8 Å². The summed E-state index contributed by atoms with van der Waals surface area (Å²) >= 11 is 0. The highest BCUT2D eigenvalue weighted by Gasteiger charge is 2.33. The summed E-state index contributed by atoms with van der Waals surface area (Å²) in [4.78, 5) is 12.6. The van der Waals surface area contributed by atoms with Crippen LogP contribution in [0.5, 0.6) is 0 Å². The van der Waals surface area contributed by atoms with E-state index in [0.717, 1.165) is 23.6 Å². The zero-order valence-corrected chi connectivity index (χ0v) is 14.3. The van der Waals surface area contributed by atoms with E-state index in [2.05, 4.69) is 5.10 Å². The number of hydrogen-bond acceptors (Lipinski definition) is 4. The number of aromatic nitrogens is 2. The van der Waals surface area contributed by atoms with E-state index < -0.39 is 21.7 Å². The van der Waals surface area contributed by atoms with Gasteiger partial charge < -0.3 is 0 Å². The quantitative estimate of drug-likeness (QED) is 0.849. The highest BCUT2D eigenvalue weighted by Crippen LogP contribution is 2.26. The number of carbonyl (C=O) groups is 1. The van der Waals surface area contributed by atoms with Crippen LogP contribution in [0.2, 0.25) is 0 Å². The molecule has 0 bridgehead atoms. The van der Waals surface area contributed by atoms with Crippen LogP contribution in [0.3, 0.4) is 0 Å². The largest absolute Gasteiger partial charge is 0.278 e. The summed E-state index contributed by atoms with van der Waals surface area (Å²) in [5.41, 5.74) is 0.628. The summed E-state index contributed by atoms with van der Waals surface area (Å²) in [7, 11) is -3.68. The number of halogens is 1. The van der Waals surface area contributed by atoms with E-state index in [9.17, 15) is 17.6 Å². The third-order valence-corrected chi connectivity index (χ3v) is 6.30. The van der Waals surface area contributed by atoms with Crippen LogP contribution in [-0.2, 0) is 10.0 Å². The predicted molar refractivity (Wildman–Crippen MR) is 85.8 cm³/mol. The topological polar surface area (TPSA) is 72.3 Å². The molecular formula is C16H18FN3O3S. The molecule has 128 valence electrons. The van der Waals surface area contributed by atoms with Crippen LogP contribution >= 0.6 is 0 Å². The second-order valence-electron chi connectivity index (χ2n) is 5.84. The van der Waals surface area contributed by atoms with Gasteiger partial charge in [0.1, 0.15) is 10.7 Å². The van der Waals surface area contributed by atoms with Gasteiger partial charge in [0, 0.05) is 18.7 Å². The van der Waals surface area contributed by atoms with E-state index >= 15 is 0 Å². The van der Waals surface area contributed by atoms with Gasteiger partial charge in [-0.05, 0) is 44.9 Å². The fourth-order valence-electron chi connectivity index (χ4n) is 3.00. The number of hydrogen-bond donors (Lipinski definition) is 0. The number of carbonyl (C=O) groups excluding carboxylic acids is 1. The summed E-state index contributed by atoms with van der Waals surface area (Å²) in [5.74, 6) is -1.09. The van der Waals surface area contributed by atoms with E-state index in [0.29, 0.717) is 13.1 Å². The molecule has 6 nitrogen and oxygen atoms in total. The van der Waals surface area contributed by atoms with Crippen molar-refractivity contribution in [3.05, 3.63) is 47.0 Å². The smallest absolute Gasteiger partial charge is 0.267 e. The van der Waals surface area contributed by atoms with Gasteiger partial charge in [0.05, 0.1) is 11.4 Å². The van der Waals surface area contributed by atoms with E-state index in [4.69, 9.17) is 0 Å². The van der Waals surface area contributed by atoms with Crippen molar-refractivity contribution in [2.24, 2.45) is 0 Å². The maximum absolute atomic E-state index is 13.3. The minimum absolute atomic E-state index is 0.0640. The Hall–Kier alpha value is -2.06. The Kier molecular flexibility index (Phi) is 4.27. The molecule has 24 heavy (non-hydrogen) atoms. The van der Waals surface area contributed by atoms with Crippen molar-refractivity contribution in [1.82, 2.24) is 14.1 Å². The van der Waals surface area contributed by atoms with Gasteiger partial charge in [0.15, 0.2) is 0 Å². The van der Waals surface area contributed by atoms with E-state index in [1.54, 1.807) is 13.8 Å². The van der Waals surface area contributed by atoms with Crippen molar-refractivity contribution < 1.29 is 17.6 Å². The lowest BCUT2D eigenvalue weighted by molar-refractivity contribution is 0.0941. The number of nitrogens with zero attached hydrogens (tertiary/aromatic N) is 3. The van der Waals surface area contributed by atoms with Crippen molar-refractivity contribution >= 4 is 15.9 Å². The molecule has 0 radical (unpaired) electrons. The molecule has 1 aliphatic rings. The molecule has 2 aromatic rings. The van der Waals surface area contributed by atoms with Crippen LogP contribution in [0.25, 0.3) is 0 Å². The van der Waals surface area contributed by atoms with E-state index in [-0.39, 0.29) is 21.8 Å². The van der Waals surface area contributed by atoms with Gasteiger partial charge in [-0.15, -0.1) is 0 Å². The van der Waals surface area contributed by atoms with Crippen LogP contribution in [-0.4, -0.2) is 41.5 Å². The summed E-state index contributed by atoms with van der Waals surface area (Å²) in [6.07, 6.45) is 1.65. The second kappa shape index (κ2) is 6.10. The molecule has 0 N–H and O–H groups in total.